The highest BCUT2D eigenvalue weighted by molar-refractivity contribution is 7.92. The predicted octanol–water partition coefficient (Wildman–Crippen LogP) is 3.17. The quantitative estimate of drug-likeness (QED) is 0.733. The Balaban J connectivity index is 2.30. The van der Waals surface area contributed by atoms with Crippen molar-refractivity contribution < 1.29 is 27.5 Å². The van der Waals surface area contributed by atoms with Crippen LogP contribution in [0.15, 0.2) is 47.4 Å². The minimum atomic E-state index is -3.96. The number of sulfonamides is 1. The fourth-order valence-corrected chi connectivity index (χ4v) is 3.46. The maximum Gasteiger partial charge on any atom is 0.346 e. The second kappa shape index (κ2) is 8.41. The molecular formula is C18H18ClNO6S. The van der Waals surface area contributed by atoms with Crippen molar-refractivity contribution in [1.82, 2.24) is 0 Å². The second-order valence-electron chi connectivity index (χ2n) is 5.69. The Kier molecular flexibility index (Phi) is 6.45. The number of benzene rings is 2. The number of esters is 2. The fraction of sp³-hybridized carbons (Fsp3) is 0.222. The first-order valence-corrected chi connectivity index (χ1v) is 9.68. The Labute approximate surface area is 162 Å². The first-order valence-electron chi connectivity index (χ1n) is 7.82. The molecule has 2 aromatic rings. The average molecular weight is 412 g/mol. The molecule has 0 aromatic heterocycles. The molecule has 2 aromatic carbocycles. The summed E-state index contributed by atoms with van der Waals surface area (Å²) in [5, 5.41) is -0.00780. The lowest BCUT2D eigenvalue weighted by Gasteiger charge is -2.13. The summed E-state index contributed by atoms with van der Waals surface area (Å²) in [6, 6.07) is 10.4. The van der Waals surface area contributed by atoms with Crippen LogP contribution in [0.2, 0.25) is 5.02 Å². The number of anilines is 1. The van der Waals surface area contributed by atoms with Gasteiger partial charge in [-0.1, -0.05) is 23.7 Å². The van der Waals surface area contributed by atoms with Crippen molar-refractivity contribution >= 4 is 39.3 Å². The van der Waals surface area contributed by atoms with Gasteiger partial charge in [0.2, 0.25) is 0 Å². The standard InChI is InChI=1S/C18H18ClNO6S/c1-11-5-4-6-13(9-11)20-27(23,24)14-7-8-16(19)15(10-14)18(22)26-12(2)17(21)25-3/h4-10,12,20H,1-3H3/t12-/m1/s1. The van der Waals surface area contributed by atoms with Gasteiger partial charge in [0.1, 0.15) is 0 Å². The van der Waals surface area contributed by atoms with Gasteiger partial charge in [-0.05, 0) is 49.7 Å². The third-order valence-corrected chi connectivity index (χ3v) is 5.26. The summed E-state index contributed by atoms with van der Waals surface area (Å²) >= 11 is 5.99. The van der Waals surface area contributed by atoms with Crippen molar-refractivity contribution in [2.24, 2.45) is 0 Å². The second-order valence-corrected chi connectivity index (χ2v) is 7.78. The Morgan fingerprint density at radius 2 is 1.85 bits per heavy atom. The minimum Gasteiger partial charge on any atom is -0.466 e. The molecule has 0 aliphatic heterocycles. The number of hydrogen-bond acceptors (Lipinski definition) is 6. The summed E-state index contributed by atoms with van der Waals surface area (Å²) in [5.41, 5.74) is 1.08. The van der Waals surface area contributed by atoms with Crippen molar-refractivity contribution in [3.8, 4) is 0 Å². The van der Waals surface area contributed by atoms with Crippen molar-refractivity contribution in [3.05, 3.63) is 58.6 Å². The number of rotatable bonds is 6. The molecule has 0 unspecified atom stereocenters. The van der Waals surface area contributed by atoms with Crippen LogP contribution < -0.4 is 4.72 Å². The molecule has 0 spiro atoms. The van der Waals surface area contributed by atoms with E-state index < -0.39 is 28.1 Å². The zero-order valence-electron chi connectivity index (χ0n) is 14.9. The molecule has 27 heavy (non-hydrogen) atoms. The zero-order valence-corrected chi connectivity index (χ0v) is 16.4. The number of ether oxygens (including phenoxy) is 2. The Morgan fingerprint density at radius 1 is 1.15 bits per heavy atom. The molecule has 0 aliphatic carbocycles. The van der Waals surface area contributed by atoms with Crippen LogP contribution in [0, 0.1) is 6.92 Å². The number of carbonyl (C=O) groups excluding carboxylic acids is 2. The van der Waals surface area contributed by atoms with Gasteiger partial charge in [-0.3, -0.25) is 4.72 Å². The van der Waals surface area contributed by atoms with E-state index in [0.717, 1.165) is 18.7 Å². The van der Waals surface area contributed by atoms with Crippen LogP contribution >= 0.6 is 11.6 Å². The molecule has 0 saturated heterocycles. The van der Waals surface area contributed by atoms with Gasteiger partial charge in [0.25, 0.3) is 10.0 Å². The van der Waals surface area contributed by atoms with E-state index in [2.05, 4.69) is 9.46 Å². The summed E-state index contributed by atoms with van der Waals surface area (Å²) in [7, 11) is -2.80. The van der Waals surface area contributed by atoms with Gasteiger partial charge in [0, 0.05) is 5.69 Å². The Morgan fingerprint density at radius 3 is 2.48 bits per heavy atom. The summed E-state index contributed by atoms with van der Waals surface area (Å²) in [6.45, 7) is 3.16. The smallest absolute Gasteiger partial charge is 0.346 e. The molecule has 1 atom stereocenters. The maximum atomic E-state index is 12.6. The van der Waals surface area contributed by atoms with Crippen molar-refractivity contribution in [3.63, 3.8) is 0 Å². The number of halogens is 1. The first-order chi connectivity index (χ1) is 12.6. The lowest BCUT2D eigenvalue weighted by molar-refractivity contribution is -0.149. The van der Waals surface area contributed by atoms with Crippen LogP contribution in [0.1, 0.15) is 22.8 Å². The van der Waals surface area contributed by atoms with Crippen molar-refractivity contribution in [1.29, 1.82) is 0 Å². The molecule has 0 fully saturated rings. The maximum absolute atomic E-state index is 12.6. The Hall–Kier alpha value is -2.58. The van der Waals surface area contributed by atoms with E-state index in [9.17, 15) is 18.0 Å². The summed E-state index contributed by atoms with van der Waals surface area (Å²) in [5.74, 6) is -1.69. The van der Waals surface area contributed by atoms with Crippen molar-refractivity contribution in [2.45, 2.75) is 24.8 Å². The molecule has 0 radical (unpaired) electrons. The first kappa shape index (κ1) is 20.7. The van der Waals surface area contributed by atoms with E-state index in [1.807, 2.05) is 13.0 Å². The van der Waals surface area contributed by atoms with E-state index in [0.29, 0.717) is 5.69 Å². The highest BCUT2D eigenvalue weighted by atomic mass is 35.5. The van der Waals surface area contributed by atoms with Crippen LogP contribution in [0.5, 0.6) is 0 Å². The van der Waals surface area contributed by atoms with Gasteiger partial charge in [0.15, 0.2) is 6.10 Å². The molecule has 0 heterocycles. The van der Waals surface area contributed by atoms with Crippen LogP contribution in [0.4, 0.5) is 5.69 Å². The van der Waals surface area contributed by atoms with E-state index >= 15 is 0 Å². The molecule has 0 bridgehead atoms. The molecule has 0 amide bonds. The molecule has 0 saturated carbocycles. The van der Waals surface area contributed by atoms with E-state index in [4.69, 9.17) is 16.3 Å². The van der Waals surface area contributed by atoms with Crippen LogP contribution in [-0.2, 0) is 24.3 Å². The number of nitrogens with one attached hydrogen (secondary N) is 1. The summed E-state index contributed by atoms with van der Waals surface area (Å²) in [4.78, 5) is 23.5. The molecule has 1 N–H and O–H groups in total. The van der Waals surface area contributed by atoms with E-state index in [1.54, 1.807) is 18.2 Å². The van der Waals surface area contributed by atoms with Gasteiger partial charge in [-0.25, -0.2) is 18.0 Å². The summed E-state index contributed by atoms with van der Waals surface area (Å²) < 4.78 is 37.1. The molecule has 0 aliphatic rings. The number of carbonyl (C=O) groups is 2. The zero-order chi connectivity index (χ0) is 20.2. The van der Waals surface area contributed by atoms with Crippen LogP contribution in [-0.4, -0.2) is 33.6 Å². The third-order valence-electron chi connectivity index (χ3n) is 3.56. The normalized spacial score (nSPS) is 12.1. The number of methoxy groups -OCH3 is 1. The molecule has 144 valence electrons. The highest BCUT2D eigenvalue weighted by Gasteiger charge is 2.23. The minimum absolute atomic E-state index is 0.00780. The van der Waals surface area contributed by atoms with Gasteiger partial charge in [0.05, 0.1) is 22.6 Å². The SMILES string of the molecule is COC(=O)[C@@H](C)OC(=O)c1cc(S(=O)(=O)Nc2cccc(C)c2)ccc1Cl. The topological polar surface area (TPSA) is 98.8 Å². The fourth-order valence-electron chi connectivity index (χ4n) is 2.19. The molecule has 9 heteroatoms. The lowest BCUT2D eigenvalue weighted by Crippen LogP contribution is -2.25. The predicted molar refractivity (Wildman–Crippen MR) is 100 cm³/mol. The molecular weight excluding hydrogens is 394 g/mol. The van der Waals surface area contributed by atoms with Gasteiger partial charge in [-0.2, -0.15) is 0 Å². The monoisotopic (exact) mass is 411 g/mol. The number of hydrogen-bond donors (Lipinski definition) is 1. The summed E-state index contributed by atoms with van der Waals surface area (Å²) in [6.07, 6.45) is -1.16. The van der Waals surface area contributed by atoms with Crippen LogP contribution in [0.3, 0.4) is 0 Å². The lowest BCUT2D eigenvalue weighted by atomic mass is 10.2. The highest BCUT2D eigenvalue weighted by Crippen LogP contribution is 2.24. The van der Waals surface area contributed by atoms with Crippen LogP contribution in [0.25, 0.3) is 0 Å². The molecule has 7 nitrogen and oxygen atoms in total. The Bertz CT molecular complexity index is 974. The van der Waals surface area contributed by atoms with Crippen molar-refractivity contribution in [2.75, 3.05) is 11.8 Å². The molecule has 2 rings (SSSR count). The number of aryl methyl sites for hydroxylation is 1. The van der Waals surface area contributed by atoms with Gasteiger partial charge in [-0.15, -0.1) is 0 Å². The van der Waals surface area contributed by atoms with Gasteiger partial charge < -0.3 is 9.47 Å². The average Bonchev–Trinajstić information content (AvgIpc) is 2.60. The van der Waals surface area contributed by atoms with E-state index in [1.165, 1.54) is 19.1 Å². The van der Waals surface area contributed by atoms with Gasteiger partial charge >= 0.3 is 11.9 Å². The largest absolute Gasteiger partial charge is 0.466 e. The van der Waals surface area contributed by atoms with E-state index in [-0.39, 0.29) is 15.5 Å². The third kappa shape index (κ3) is 5.21.